The molecule has 0 bridgehead atoms. The number of carbonyl (C=O) groups is 1. The molecule has 1 aliphatic rings. The first kappa shape index (κ1) is 14.4. The fourth-order valence-electron chi connectivity index (χ4n) is 2.86. The van der Waals surface area contributed by atoms with E-state index in [9.17, 15) is 4.79 Å². The lowest BCUT2D eigenvalue weighted by Crippen LogP contribution is -3.08. The van der Waals surface area contributed by atoms with E-state index < -0.39 is 0 Å². The van der Waals surface area contributed by atoms with E-state index in [4.69, 9.17) is 4.42 Å². The zero-order valence-corrected chi connectivity index (χ0v) is 13.3. The molecule has 112 valence electrons. The van der Waals surface area contributed by atoms with Crippen molar-refractivity contribution in [1.29, 1.82) is 0 Å². The molecule has 2 aromatic rings. The van der Waals surface area contributed by atoms with E-state index in [1.807, 2.05) is 0 Å². The van der Waals surface area contributed by atoms with Crippen molar-refractivity contribution in [1.82, 2.24) is 0 Å². The molecule has 3 rings (SSSR count). The minimum absolute atomic E-state index is 0.168. The lowest BCUT2D eigenvalue weighted by molar-refractivity contribution is -0.901. The maximum atomic E-state index is 12.2. The van der Waals surface area contributed by atoms with Crippen LogP contribution in [0, 0.1) is 13.8 Å². The summed E-state index contributed by atoms with van der Waals surface area (Å²) in [6.45, 7) is 7.74. The molecule has 0 aliphatic carbocycles. The number of hydrogen-bond donors (Lipinski definition) is 2. The maximum absolute atomic E-state index is 12.2. The van der Waals surface area contributed by atoms with Gasteiger partial charge in [-0.15, -0.1) is 11.3 Å². The Morgan fingerprint density at radius 3 is 2.81 bits per heavy atom. The number of likely N-dealkylation sites (tertiary alicyclic amines) is 1. The standard InChI is InChI=1S/C16H20N2O2S/c1-11-12(2)21-16(13(11)10-18-7-3-4-8-18)17-15(19)14-6-5-9-20-14/h5-6,9H,3-4,7-8,10H2,1-2H3,(H,17,19)/p+1. The van der Waals surface area contributed by atoms with Crippen LogP contribution in [0.5, 0.6) is 0 Å². The summed E-state index contributed by atoms with van der Waals surface area (Å²) in [7, 11) is 0. The van der Waals surface area contributed by atoms with Gasteiger partial charge in [-0.25, -0.2) is 0 Å². The van der Waals surface area contributed by atoms with Crippen molar-refractivity contribution < 1.29 is 14.1 Å². The lowest BCUT2D eigenvalue weighted by Gasteiger charge is -2.13. The first-order valence-electron chi connectivity index (χ1n) is 7.42. The van der Waals surface area contributed by atoms with Crippen LogP contribution in [0.15, 0.2) is 22.8 Å². The number of nitrogens with one attached hydrogen (secondary N) is 2. The Balaban J connectivity index is 1.80. The molecule has 2 aromatic heterocycles. The molecule has 3 heterocycles. The van der Waals surface area contributed by atoms with E-state index in [1.54, 1.807) is 28.4 Å². The third kappa shape index (κ3) is 3.04. The summed E-state index contributed by atoms with van der Waals surface area (Å²) in [5.74, 6) is 0.192. The van der Waals surface area contributed by atoms with Crippen LogP contribution in [0.3, 0.4) is 0 Å². The molecular formula is C16H21N2O2S+. The van der Waals surface area contributed by atoms with E-state index >= 15 is 0 Å². The molecule has 21 heavy (non-hydrogen) atoms. The molecule has 0 spiro atoms. The molecule has 2 N–H and O–H groups in total. The predicted molar refractivity (Wildman–Crippen MR) is 84.1 cm³/mol. The second-order valence-electron chi connectivity index (χ2n) is 5.66. The van der Waals surface area contributed by atoms with Crippen molar-refractivity contribution in [2.45, 2.75) is 33.2 Å². The van der Waals surface area contributed by atoms with E-state index in [0.717, 1.165) is 11.5 Å². The summed E-state index contributed by atoms with van der Waals surface area (Å²) in [6, 6.07) is 3.42. The number of rotatable bonds is 4. The summed E-state index contributed by atoms with van der Waals surface area (Å²) >= 11 is 1.66. The zero-order chi connectivity index (χ0) is 14.8. The van der Waals surface area contributed by atoms with E-state index in [1.165, 1.54) is 48.2 Å². The number of thiophene rings is 1. The van der Waals surface area contributed by atoms with Crippen molar-refractivity contribution in [3.63, 3.8) is 0 Å². The van der Waals surface area contributed by atoms with Crippen LogP contribution in [0.1, 0.15) is 39.4 Å². The molecule has 1 fully saturated rings. The normalized spacial score (nSPS) is 15.5. The minimum Gasteiger partial charge on any atom is -0.459 e. The fraction of sp³-hybridized carbons (Fsp3) is 0.438. The highest BCUT2D eigenvalue weighted by atomic mass is 32.1. The van der Waals surface area contributed by atoms with Crippen LogP contribution in [-0.4, -0.2) is 19.0 Å². The second kappa shape index (κ2) is 6.03. The van der Waals surface area contributed by atoms with Gasteiger partial charge in [-0.1, -0.05) is 0 Å². The van der Waals surface area contributed by atoms with Crippen LogP contribution in [-0.2, 0) is 6.54 Å². The third-order valence-corrected chi connectivity index (χ3v) is 5.38. The average molecular weight is 305 g/mol. The van der Waals surface area contributed by atoms with Crippen molar-refractivity contribution in [2.75, 3.05) is 18.4 Å². The van der Waals surface area contributed by atoms with Gasteiger partial charge in [0.15, 0.2) is 5.76 Å². The Labute approximate surface area is 128 Å². The molecule has 5 heteroatoms. The zero-order valence-electron chi connectivity index (χ0n) is 12.5. The summed E-state index contributed by atoms with van der Waals surface area (Å²) in [5.41, 5.74) is 2.60. The van der Waals surface area contributed by atoms with Gasteiger partial charge in [0, 0.05) is 23.3 Å². The van der Waals surface area contributed by atoms with Gasteiger partial charge in [0.05, 0.1) is 19.4 Å². The molecule has 1 aliphatic heterocycles. The van der Waals surface area contributed by atoms with Crippen LogP contribution >= 0.6 is 11.3 Å². The second-order valence-corrected chi connectivity index (χ2v) is 6.88. The van der Waals surface area contributed by atoms with Gasteiger partial charge in [0.2, 0.25) is 0 Å². The summed E-state index contributed by atoms with van der Waals surface area (Å²) in [5, 5.41) is 4.00. The third-order valence-electron chi connectivity index (χ3n) is 4.22. The number of anilines is 1. The number of quaternary nitrogens is 1. The van der Waals surface area contributed by atoms with Gasteiger partial charge < -0.3 is 14.6 Å². The highest BCUT2D eigenvalue weighted by Crippen LogP contribution is 2.32. The highest BCUT2D eigenvalue weighted by molar-refractivity contribution is 7.16. The largest absolute Gasteiger partial charge is 0.459 e. The van der Waals surface area contributed by atoms with Gasteiger partial charge in [-0.05, 0) is 31.5 Å². The van der Waals surface area contributed by atoms with Gasteiger partial charge in [0.25, 0.3) is 5.91 Å². The summed E-state index contributed by atoms with van der Waals surface area (Å²) in [4.78, 5) is 15.1. The van der Waals surface area contributed by atoms with Crippen LogP contribution < -0.4 is 10.2 Å². The van der Waals surface area contributed by atoms with Crippen LogP contribution in [0.25, 0.3) is 0 Å². The van der Waals surface area contributed by atoms with Crippen molar-refractivity contribution in [3.05, 3.63) is 40.2 Å². The highest BCUT2D eigenvalue weighted by Gasteiger charge is 2.22. The molecular weight excluding hydrogens is 284 g/mol. The van der Waals surface area contributed by atoms with E-state index in [-0.39, 0.29) is 5.91 Å². The van der Waals surface area contributed by atoms with E-state index in [2.05, 4.69) is 19.2 Å². The molecule has 0 atom stereocenters. The fourth-order valence-corrected chi connectivity index (χ4v) is 3.94. The summed E-state index contributed by atoms with van der Waals surface area (Å²) < 4.78 is 5.17. The Morgan fingerprint density at radius 2 is 2.14 bits per heavy atom. The SMILES string of the molecule is Cc1sc(NC(=O)c2ccco2)c(C[NH+]2CCCC2)c1C. The van der Waals surface area contributed by atoms with Gasteiger partial charge in [0.1, 0.15) is 11.5 Å². The predicted octanol–water partition coefficient (Wildman–Crippen LogP) is 2.39. The van der Waals surface area contributed by atoms with Gasteiger partial charge in [-0.3, -0.25) is 4.79 Å². The number of carbonyl (C=O) groups excluding carboxylic acids is 1. The number of furan rings is 1. The van der Waals surface area contributed by atoms with Crippen molar-refractivity contribution >= 4 is 22.2 Å². The molecule has 0 saturated carbocycles. The summed E-state index contributed by atoms with van der Waals surface area (Å²) in [6.07, 6.45) is 4.15. The van der Waals surface area contributed by atoms with E-state index in [0.29, 0.717) is 5.76 Å². The molecule has 0 radical (unpaired) electrons. The maximum Gasteiger partial charge on any atom is 0.291 e. The topological polar surface area (TPSA) is 46.7 Å². The Morgan fingerprint density at radius 1 is 1.38 bits per heavy atom. The smallest absolute Gasteiger partial charge is 0.291 e. The minimum atomic E-state index is -0.168. The lowest BCUT2D eigenvalue weighted by atomic mass is 10.1. The van der Waals surface area contributed by atoms with Crippen LogP contribution in [0.2, 0.25) is 0 Å². The Kier molecular flexibility index (Phi) is 4.12. The molecule has 4 nitrogen and oxygen atoms in total. The first-order chi connectivity index (χ1) is 10.1. The molecule has 1 saturated heterocycles. The molecule has 1 amide bonds. The number of hydrogen-bond acceptors (Lipinski definition) is 3. The van der Waals surface area contributed by atoms with Crippen molar-refractivity contribution in [2.24, 2.45) is 0 Å². The molecule has 0 unspecified atom stereocenters. The van der Waals surface area contributed by atoms with Crippen LogP contribution in [0.4, 0.5) is 5.00 Å². The van der Waals surface area contributed by atoms with Crippen molar-refractivity contribution in [3.8, 4) is 0 Å². The quantitative estimate of drug-likeness (QED) is 0.911. The Bertz CT molecular complexity index is 625. The molecule has 0 aromatic carbocycles. The monoisotopic (exact) mass is 305 g/mol. The Hall–Kier alpha value is -1.59. The van der Waals surface area contributed by atoms with Gasteiger partial charge in [-0.2, -0.15) is 0 Å². The number of amides is 1. The number of aryl methyl sites for hydroxylation is 1. The average Bonchev–Trinajstić information content (AvgIpc) is 3.18. The first-order valence-corrected chi connectivity index (χ1v) is 8.24. The van der Waals surface area contributed by atoms with Gasteiger partial charge >= 0.3 is 0 Å².